The van der Waals surface area contributed by atoms with Crippen LogP contribution in [-0.4, -0.2) is 24.8 Å². The Bertz CT molecular complexity index is 259. The van der Waals surface area contributed by atoms with E-state index in [0.29, 0.717) is 18.9 Å². The van der Waals surface area contributed by atoms with Crippen LogP contribution in [0.15, 0.2) is 4.99 Å². The Kier molecular flexibility index (Phi) is 11.6. The number of carbonyl (C=O) groups is 1. The number of carbonyl (C=O) groups excluding carboxylic acids is 1. The lowest BCUT2D eigenvalue weighted by Gasteiger charge is -2.05. The molecule has 0 spiro atoms. The molecule has 0 aliphatic carbocycles. The van der Waals surface area contributed by atoms with Gasteiger partial charge in [-0.05, 0) is 38.5 Å². The fourth-order valence-electron chi connectivity index (χ4n) is 1.89. The molecule has 0 heterocycles. The summed E-state index contributed by atoms with van der Waals surface area (Å²) in [6.07, 6.45) is 6.72. The van der Waals surface area contributed by atoms with Crippen molar-refractivity contribution in [3.05, 3.63) is 0 Å². The smallest absolute Gasteiger partial charge is 0.305 e. The monoisotopic (exact) mass is 269 g/mol. The Morgan fingerprint density at radius 1 is 1.16 bits per heavy atom. The molecule has 0 aromatic rings. The van der Waals surface area contributed by atoms with E-state index >= 15 is 0 Å². The summed E-state index contributed by atoms with van der Waals surface area (Å²) in [6, 6.07) is 0. The number of hydrogen-bond acceptors (Lipinski definition) is 3. The Morgan fingerprint density at radius 2 is 1.89 bits per heavy atom. The maximum atomic E-state index is 11.3. The van der Waals surface area contributed by atoms with Crippen LogP contribution in [0.5, 0.6) is 0 Å². The molecule has 0 aliphatic rings. The normalized spacial score (nSPS) is 11.9. The number of hydrogen-bond donors (Lipinski definition) is 0. The third-order valence-electron chi connectivity index (χ3n) is 2.89. The molecule has 19 heavy (non-hydrogen) atoms. The van der Waals surface area contributed by atoms with Crippen molar-refractivity contribution >= 4 is 11.7 Å². The molecule has 0 unspecified atom stereocenters. The van der Waals surface area contributed by atoms with E-state index < -0.39 is 0 Å². The standard InChI is InChI=1S/C16H31NO2/c1-5-6-12-19-16(18)10-8-7-9-11-17-15(4)13-14(2)3/h14H,5-13H2,1-4H3. The number of unbranched alkanes of at least 4 members (excludes halogenated alkanes) is 3. The lowest BCUT2D eigenvalue weighted by molar-refractivity contribution is -0.143. The van der Waals surface area contributed by atoms with Gasteiger partial charge in [0.05, 0.1) is 6.61 Å². The molecule has 0 bridgehead atoms. The molecule has 0 N–H and O–H groups in total. The quantitative estimate of drug-likeness (QED) is 0.317. The van der Waals surface area contributed by atoms with Crippen molar-refractivity contribution in [3.63, 3.8) is 0 Å². The number of nitrogens with zero attached hydrogens (tertiary/aromatic N) is 1. The van der Waals surface area contributed by atoms with Gasteiger partial charge in [-0.25, -0.2) is 0 Å². The maximum Gasteiger partial charge on any atom is 0.305 e. The van der Waals surface area contributed by atoms with Gasteiger partial charge >= 0.3 is 5.97 Å². The predicted octanol–water partition coefficient (Wildman–Crippen LogP) is 4.40. The molecule has 0 atom stereocenters. The zero-order chi connectivity index (χ0) is 14.5. The number of rotatable bonds is 11. The van der Waals surface area contributed by atoms with Gasteiger partial charge in [0.25, 0.3) is 0 Å². The molecule has 3 nitrogen and oxygen atoms in total. The first kappa shape index (κ1) is 18.1. The van der Waals surface area contributed by atoms with Crippen LogP contribution in [0.2, 0.25) is 0 Å². The van der Waals surface area contributed by atoms with Crippen LogP contribution in [-0.2, 0) is 9.53 Å². The molecular weight excluding hydrogens is 238 g/mol. The molecule has 0 radical (unpaired) electrons. The topological polar surface area (TPSA) is 38.7 Å². The van der Waals surface area contributed by atoms with E-state index in [-0.39, 0.29) is 5.97 Å². The molecule has 0 aromatic carbocycles. The first-order chi connectivity index (χ1) is 9.06. The molecule has 0 saturated carbocycles. The van der Waals surface area contributed by atoms with E-state index in [2.05, 4.69) is 32.7 Å². The SMILES string of the molecule is CCCCOC(=O)CCCCCN=C(C)CC(C)C. The first-order valence-corrected chi connectivity index (χ1v) is 7.71. The third-order valence-corrected chi connectivity index (χ3v) is 2.89. The third kappa shape index (κ3) is 13.4. The Morgan fingerprint density at radius 3 is 2.53 bits per heavy atom. The number of ether oxygens (including phenoxy) is 1. The summed E-state index contributed by atoms with van der Waals surface area (Å²) in [7, 11) is 0. The van der Waals surface area contributed by atoms with Gasteiger partial charge in [-0.3, -0.25) is 9.79 Å². The molecule has 0 aliphatic heterocycles. The zero-order valence-electron chi connectivity index (χ0n) is 13.2. The minimum atomic E-state index is -0.0482. The molecule has 0 fully saturated rings. The highest BCUT2D eigenvalue weighted by Gasteiger charge is 2.01. The van der Waals surface area contributed by atoms with E-state index in [9.17, 15) is 4.79 Å². The van der Waals surface area contributed by atoms with E-state index in [0.717, 1.165) is 45.1 Å². The molecule has 0 saturated heterocycles. The minimum absolute atomic E-state index is 0.0482. The summed E-state index contributed by atoms with van der Waals surface area (Å²) in [5.41, 5.74) is 1.24. The maximum absolute atomic E-state index is 11.3. The molecule has 0 aromatic heterocycles. The summed E-state index contributed by atoms with van der Waals surface area (Å²) in [4.78, 5) is 15.9. The molecule has 3 heteroatoms. The zero-order valence-corrected chi connectivity index (χ0v) is 13.2. The number of aliphatic imine (C=N–C) groups is 1. The van der Waals surface area contributed by atoms with Crippen molar-refractivity contribution in [3.8, 4) is 0 Å². The van der Waals surface area contributed by atoms with Crippen LogP contribution in [0.1, 0.15) is 72.6 Å². The van der Waals surface area contributed by atoms with E-state index in [4.69, 9.17) is 4.74 Å². The van der Waals surface area contributed by atoms with Crippen LogP contribution in [0.25, 0.3) is 0 Å². The molecule has 0 rings (SSSR count). The van der Waals surface area contributed by atoms with Crippen LogP contribution >= 0.6 is 0 Å². The van der Waals surface area contributed by atoms with Gasteiger partial charge in [0.2, 0.25) is 0 Å². The Balaban J connectivity index is 3.42. The van der Waals surface area contributed by atoms with Crippen LogP contribution in [0.3, 0.4) is 0 Å². The van der Waals surface area contributed by atoms with Crippen LogP contribution in [0, 0.1) is 5.92 Å². The Hall–Kier alpha value is -0.860. The summed E-state index contributed by atoms with van der Waals surface area (Å²) in [6.45, 7) is 10.1. The second-order valence-corrected chi connectivity index (χ2v) is 5.60. The fraction of sp³-hybridized carbons (Fsp3) is 0.875. The van der Waals surface area contributed by atoms with E-state index in [1.165, 1.54) is 5.71 Å². The van der Waals surface area contributed by atoms with Gasteiger partial charge in [0.1, 0.15) is 0 Å². The lowest BCUT2D eigenvalue weighted by Crippen LogP contribution is -2.05. The Labute approximate surface area is 118 Å². The van der Waals surface area contributed by atoms with Crippen LogP contribution < -0.4 is 0 Å². The highest BCUT2D eigenvalue weighted by molar-refractivity contribution is 5.82. The number of esters is 1. The van der Waals surface area contributed by atoms with Gasteiger partial charge < -0.3 is 4.74 Å². The van der Waals surface area contributed by atoms with Crippen molar-refractivity contribution < 1.29 is 9.53 Å². The van der Waals surface area contributed by atoms with Gasteiger partial charge in [-0.1, -0.05) is 33.6 Å². The average molecular weight is 269 g/mol. The predicted molar refractivity (Wildman–Crippen MR) is 81.8 cm³/mol. The highest BCUT2D eigenvalue weighted by atomic mass is 16.5. The summed E-state index contributed by atoms with van der Waals surface area (Å²) >= 11 is 0. The second kappa shape index (κ2) is 12.2. The first-order valence-electron chi connectivity index (χ1n) is 7.71. The van der Waals surface area contributed by atoms with Gasteiger partial charge in [-0.15, -0.1) is 0 Å². The molecule has 0 amide bonds. The van der Waals surface area contributed by atoms with Crippen molar-refractivity contribution in [2.75, 3.05) is 13.2 Å². The van der Waals surface area contributed by atoms with Crippen LogP contribution in [0.4, 0.5) is 0 Å². The largest absolute Gasteiger partial charge is 0.466 e. The molecular formula is C16H31NO2. The van der Waals surface area contributed by atoms with Gasteiger partial charge in [0, 0.05) is 18.7 Å². The highest BCUT2D eigenvalue weighted by Crippen LogP contribution is 2.05. The summed E-state index contributed by atoms with van der Waals surface area (Å²) in [5.74, 6) is 0.634. The van der Waals surface area contributed by atoms with E-state index in [1.54, 1.807) is 0 Å². The van der Waals surface area contributed by atoms with E-state index in [1.807, 2.05) is 0 Å². The second-order valence-electron chi connectivity index (χ2n) is 5.60. The fourth-order valence-corrected chi connectivity index (χ4v) is 1.89. The summed E-state index contributed by atoms with van der Waals surface area (Å²) < 4.78 is 5.10. The molecule has 112 valence electrons. The van der Waals surface area contributed by atoms with Crippen molar-refractivity contribution in [1.82, 2.24) is 0 Å². The van der Waals surface area contributed by atoms with Crippen molar-refractivity contribution in [2.24, 2.45) is 10.9 Å². The summed E-state index contributed by atoms with van der Waals surface area (Å²) in [5, 5.41) is 0. The average Bonchev–Trinajstić information content (AvgIpc) is 2.33. The van der Waals surface area contributed by atoms with Gasteiger partial charge in [0.15, 0.2) is 0 Å². The lowest BCUT2D eigenvalue weighted by atomic mass is 10.1. The van der Waals surface area contributed by atoms with Crippen molar-refractivity contribution in [1.29, 1.82) is 0 Å². The van der Waals surface area contributed by atoms with Crippen molar-refractivity contribution in [2.45, 2.75) is 72.6 Å². The minimum Gasteiger partial charge on any atom is -0.466 e. The van der Waals surface area contributed by atoms with Gasteiger partial charge in [-0.2, -0.15) is 0 Å².